The largest absolute Gasteiger partial charge is 0.481 e. The van der Waals surface area contributed by atoms with E-state index in [-0.39, 0.29) is 6.61 Å². The van der Waals surface area contributed by atoms with Crippen molar-refractivity contribution in [3.8, 4) is 0 Å². The summed E-state index contributed by atoms with van der Waals surface area (Å²) in [6, 6.07) is 28.4. The fraction of sp³-hybridized carbons (Fsp3) is 0.345. The standard InChI is InChI=1S/C29H33NO6/c30-26-25(23(31)16-24(32)33)27(34-17-20-10-4-1-5-11-20)29(36-19-22-14-8-3-9-15-22)28(26)35-18-21-12-6-2-7-13-21/h1-15,23,25-29,31H,16-19,30H2,(H,32,33)/t23-,25-,26-,27+,28+,29-/m0/s1. The summed E-state index contributed by atoms with van der Waals surface area (Å²) in [5.41, 5.74) is 9.55. The van der Waals surface area contributed by atoms with Gasteiger partial charge in [-0.2, -0.15) is 0 Å². The van der Waals surface area contributed by atoms with Crippen molar-refractivity contribution >= 4 is 5.97 Å². The van der Waals surface area contributed by atoms with Crippen LogP contribution in [0.4, 0.5) is 0 Å². The maximum Gasteiger partial charge on any atom is 0.305 e. The number of rotatable bonds is 12. The average Bonchev–Trinajstić information content (AvgIpc) is 3.16. The number of benzene rings is 3. The normalized spacial score (nSPS) is 24.4. The first kappa shape index (κ1) is 26.0. The average molecular weight is 492 g/mol. The molecule has 0 bridgehead atoms. The van der Waals surface area contributed by atoms with Crippen molar-refractivity contribution in [3.63, 3.8) is 0 Å². The predicted octanol–water partition coefficient (Wildman–Crippen LogP) is 3.54. The number of nitrogens with two attached hydrogens (primary N) is 1. The van der Waals surface area contributed by atoms with Crippen molar-refractivity contribution in [1.82, 2.24) is 0 Å². The number of aliphatic carboxylic acids is 1. The highest BCUT2D eigenvalue weighted by Crippen LogP contribution is 2.37. The molecule has 0 radical (unpaired) electrons. The number of carboxylic acid groups (broad SMARTS) is 1. The predicted molar refractivity (Wildman–Crippen MR) is 135 cm³/mol. The summed E-state index contributed by atoms with van der Waals surface area (Å²) in [7, 11) is 0. The molecule has 0 aromatic heterocycles. The molecule has 3 aromatic rings. The minimum Gasteiger partial charge on any atom is -0.481 e. The molecule has 36 heavy (non-hydrogen) atoms. The molecular weight excluding hydrogens is 458 g/mol. The second kappa shape index (κ2) is 12.8. The van der Waals surface area contributed by atoms with E-state index in [0.717, 1.165) is 16.7 Å². The first-order valence-electron chi connectivity index (χ1n) is 12.1. The molecule has 0 spiro atoms. The Balaban J connectivity index is 1.59. The second-order valence-corrected chi connectivity index (χ2v) is 9.10. The number of carboxylic acids is 1. The lowest BCUT2D eigenvalue weighted by Gasteiger charge is -2.29. The molecule has 0 amide bonds. The van der Waals surface area contributed by atoms with Gasteiger partial charge in [0.2, 0.25) is 0 Å². The third-order valence-electron chi connectivity index (χ3n) is 6.53. The minimum absolute atomic E-state index is 0.269. The molecule has 7 nitrogen and oxygen atoms in total. The van der Waals surface area contributed by atoms with Crippen molar-refractivity contribution in [2.45, 2.75) is 56.7 Å². The van der Waals surface area contributed by atoms with Crippen molar-refractivity contribution in [2.24, 2.45) is 11.7 Å². The molecule has 0 heterocycles. The van der Waals surface area contributed by atoms with Gasteiger partial charge >= 0.3 is 5.97 Å². The highest BCUT2D eigenvalue weighted by Gasteiger charge is 2.54. The Morgan fingerprint density at radius 2 is 1.08 bits per heavy atom. The van der Waals surface area contributed by atoms with Gasteiger partial charge in [0.25, 0.3) is 0 Å². The van der Waals surface area contributed by atoms with Gasteiger partial charge in [0.15, 0.2) is 0 Å². The molecule has 7 heteroatoms. The summed E-state index contributed by atoms with van der Waals surface area (Å²) in [6.45, 7) is 0.874. The van der Waals surface area contributed by atoms with E-state index in [0.29, 0.717) is 13.2 Å². The van der Waals surface area contributed by atoms with Crippen molar-refractivity contribution < 1.29 is 29.2 Å². The van der Waals surface area contributed by atoms with Crippen LogP contribution in [0.2, 0.25) is 0 Å². The summed E-state index contributed by atoms with van der Waals surface area (Å²) in [5, 5.41) is 20.3. The molecular formula is C29H33NO6. The molecule has 1 aliphatic carbocycles. The van der Waals surface area contributed by atoms with E-state index in [1.165, 1.54) is 0 Å². The van der Waals surface area contributed by atoms with E-state index in [2.05, 4.69) is 0 Å². The lowest BCUT2D eigenvalue weighted by atomic mass is 9.92. The number of aliphatic hydroxyl groups excluding tert-OH is 1. The Kier molecular flexibility index (Phi) is 9.22. The molecule has 1 aliphatic rings. The van der Waals surface area contributed by atoms with Crippen LogP contribution in [-0.4, -0.2) is 46.6 Å². The van der Waals surface area contributed by atoms with Gasteiger partial charge < -0.3 is 30.2 Å². The first-order valence-corrected chi connectivity index (χ1v) is 12.1. The van der Waals surface area contributed by atoms with Gasteiger partial charge in [-0.1, -0.05) is 91.0 Å². The number of ether oxygens (including phenoxy) is 3. The SMILES string of the molecule is N[C@@H]1[C@@H](OCc2ccccc2)[C@@H](OCc2ccccc2)[C@H](OCc2ccccc2)[C@H]1[C@@H](O)CC(=O)O. The van der Waals surface area contributed by atoms with Crippen LogP contribution in [0.15, 0.2) is 91.0 Å². The van der Waals surface area contributed by atoms with Crippen LogP contribution in [0.3, 0.4) is 0 Å². The van der Waals surface area contributed by atoms with E-state index >= 15 is 0 Å². The molecule has 1 fully saturated rings. The summed E-state index contributed by atoms with van der Waals surface area (Å²) in [6.07, 6.45) is -3.55. The molecule has 4 rings (SSSR count). The Bertz CT molecular complexity index is 1060. The minimum atomic E-state index is -1.22. The molecule has 190 valence electrons. The lowest BCUT2D eigenvalue weighted by molar-refractivity contribution is -0.144. The van der Waals surface area contributed by atoms with Crippen LogP contribution in [0.25, 0.3) is 0 Å². The quantitative estimate of drug-likeness (QED) is 0.355. The van der Waals surface area contributed by atoms with E-state index in [4.69, 9.17) is 19.9 Å². The number of aliphatic hydroxyl groups is 1. The Morgan fingerprint density at radius 3 is 1.50 bits per heavy atom. The van der Waals surface area contributed by atoms with Crippen LogP contribution in [0.1, 0.15) is 23.1 Å². The zero-order valence-electron chi connectivity index (χ0n) is 20.1. The maximum absolute atomic E-state index is 11.4. The van der Waals surface area contributed by atoms with Crippen molar-refractivity contribution in [2.75, 3.05) is 0 Å². The van der Waals surface area contributed by atoms with Gasteiger partial charge in [-0.25, -0.2) is 0 Å². The highest BCUT2D eigenvalue weighted by molar-refractivity contribution is 5.67. The summed E-state index contributed by atoms with van der Waals surface area (Å²) >= 11 is 0. The first-order chi connectivity index (χ1) is 17.5. The zero-order chi connectivity index (χ0) is 25.3. The van der Waals surface area contributed by atoms with Gasteiger partial charge in [-0.05, 0) is 16.7 Å². The summed E-state index contributed by atoms with van der Waals surface area (Å²) in [4.78, 5) is 11.4. The third kappa shape index (κ3) is 6.78. The number of carbonyl (C=O) groups is 1. The van der Waals surface area contributed by atoms with E-state index < -0.39 is 48.8 Å². The van der Waals surface area contributed by atoms with Crippen LogP contribution in [-0.2, 0) is 38.8 Å². The van der Waals surface area contributed by atoms with Crippen molar-refractivity contribution in [1.29, 1.82) is 0 Å². The maximum atomic E-state index is 11.4. The van der Waals surface area contributed by atoms with E-state index in [1.807, 2.05) is 91.0 Å². The molecule has 3 aromatic carbocycles. The van der Waals surface area contributed by atoms with Gasteiger partial charge in [0.05, 0.1) is 38.4 Å². The topological polar surface area (TPSA) is 111 Å². The Morgan fingerprint density at radius 1 is 0.694 bits per heavy atom. The summed E-state index contributed by atoms with van der Waals surface area (Å²) in [5.74, 6) is -1.79. The van der Waals surface area contributed by atoms with E-state index in [9.17, 15) is 15.0 Å². The smallest absolute Gasteiger partial charge is 0.305 e. The van der Waals surface area contributed by atoms with Crippen molar-refractivity contribution in [3.05, 3.63) is 108 Å². The molecule has 4 N–H and O–H groups in total. The van der Waals surface area contributed by atoms with E-state index in [1.54, 1.807) is 0 Å². The Hall–Kier alpha value is -3.07. The number of hydrogen-bond acceptors (Lipinski definition) is 6. The van der Waals surface area contributed by atoms with Gasteiger partial charge in [-0.3, -0.25) is 4.79 Å². The molecule has 6 atom stereocenters. The van der Waals surface area contributed by atoms with Crippen LogP contribution in [0, 0.1) is 5.92 Å². The zero-order valence-corrected chi connectivity index (χ0v) is 20.1. The Labute approximate surface area is 211 Å². The summed E-state index contributed by atoms with van der Waals surface area (Å²) < 4.78 is 19.0. The fourth-order valence-electron chi connectivity index (χ4n) is 4.76. The molecule has 1 saturated carbocycles. The van der Waals surface area contributed by atoms with Crippen LogP contribution in [0.5, 0.6) is 0 Å². The second-order valence-electron chi connectivity index (χ2n) is 9.10. The monoisotopic (exact) mass is 491 g/mol. The fourth-order valence-corrected chi connectivity index (χ4v) is 4.76. The highest BCUT2D eigenvalue weighted by atomic mass is 16.6. The molecule has 0 unspecified atom stereocenters. The van der Waals surface area contributed by atoms with Gasteiger partial charge in [0, 0.05) is 12.0 Å². The molecule has 0 aliphatic heterocycles. The van der Waals surface area contributed by atoms with Gasteiger partial charge in [0.1, 0.15) is 12.2 Å². The lowest BCUT2D eigenvalue weighted by Crippen LogP contribution is -2.44. The third-order valence-corrected chi connectivity index (χ3v) is 6.53. The van der Waals surface area contributed by atoms with Crippen LogP contribution < -0.4 is 5.73 Å². The van der Waals surface area contributed by atoms with Gasteiger partial charge in [-0.15, -0.1) is 0 Å². The number of hydrogen-bond donors (Lipinski definition) is 3. The van der Waals surface area contributed by atoms with Crippen LogP contribution >= 0.6 is 0 Å². The molecule has 0 saturated heterocycles.